The monoisotopic (exact) mass is 282 g/mol. The van der Waals surface area contributed by atoms with Crippen LogP contribution in [0.5, 0.6) is 0 Å². The van der Waals surface area contributed by atoms with Crippen LogP contribution in [0.1, 0.15) is 72.1 Å². The molecule has 20 heavy (non-hydrogen) atoms. The molecule has 2 fully saturated rings. The molecule has 1 unspecified atom stereocenters. The van der Waals surface area contributed by atoms with Crippen molar-refractivity contribution in [2.45, 2.75) is 89.4 Å². The Bertz CT molecular complexity index is 297. The van der Waals surface area contributed by atoms with E-state index in [1.165, 1.54) is 51.4 Å². The first-order valence-corrected chi connectivity index (χ1v) is 8.64. The predicted molar refractivity (Wildman–Crippen MR) is 84.9 cm³/mol. The second-order valence-corrected chi connectivity index (χ2v) is 7.48. The quantitative estimate of drug-likeness (QED) is 0.812. The number of nitrogens with zero attached hydrogens (tertiary/aromatic N) is 1. The van der Waals surface area contributed by atoms with Gasteiger partial charge in [0, 0.05) is 18.6 Å². The Labute approximate surface area is 125 Å². The maximum atomic E-state index is 6.52. The van der Waals surface area contributed by atoms with Gasteiger partial charge in [0.05, 0.1) is 11.7 Å². The van der Waals surface area contributed by atoms with Crippen LogP contribution < -0.4 is 5.73 Å². The van der Waals surface area contributed by atoms with Crippen molar-refractivity contribution in [3.05, 3.63) is 0 Å². The fourth-order valence-electron chi connectivity index (χ4n) is 3.87. The molecule has 1 aliphatic heterocycles. The van der Waals surface area contributed by atoms with Crippen molar-refractivity contribution >= 4 is 0 Å². The molecule has 0 aromatic carbocycles. The molecule has 0 aromatic rings. The van der Waals surface area contributed by atoms with Crippen LogP contribution in [0.25, 0.3) is 0 Å². The summed E-state index contributed by atoms with van der Waals surface area (Å²) in [6.07, 6.45) is 10.8. The number of hydrogen-bond donors (Lipinski definition) is 1. The largest absolute Gasteiger partial charge is 0.370 e. The van der Waals surface area contributed by atoms with Gasteiger partial charge in [0.2, 0.25) is 0 Å². The van der Waals surface area contributed by atoms with E-state index >= 15 is 0 Å². The van der Waals surface area contributed by atoms with Crippen molar-refractivity contribution in [2.24, 2.45) is 5.73 Å². The maximum Gasteiger partial charge on any atom is 0.0710 e. The van der Waals surface area contributed by atoms with Crippen LogP contribution >= 0.6 is 0 Å². The first kappa shape index (κ1) is 16.3. The van der Waals surface area contributed by atoms with Gasteiger partial charge in [-0.2, -0.15) is 0 Å². The lowest BCUT2D eigenvalue weighted by Gasteiger charge is -2.40. The third kappa shape index (κ3) is 3.75. The molecule has 0 radical (unpaired) electrons. The molecule has 1 atom stereocenters. The number of ether oxygens (including phenoxy) is 1. The molecule has 0 aromatic heterocycles. The summed E-state index contributed by atoms with van der Waals surface area (Å²) in [4.78, 5) is 2.54. The normalized spacial score (nSPS) is 26.6. The fraction of sp³-hybridized carbons (Fsp3) is 1.00. The Hall–Kier alpha value is -0.120. The van der Waals surface area contributed by atoms with Gasteiger partial charge in [-0.15, -0.1) is 0 Å². The van der Waals surface area contributed by atoms with Gasteiger partial charge in [0.15, 0.2) is 0 Å². The molecule has 1 saturated carbocycles. The zero-order valence-corrected chi connectivity index (χ0v) is 13.8. The Kier molecular flexibility index (Phi) is 5.49. The molecular weight excluding hydrogens is 248 g/mol. The number of rotatable bonds is 6. The maximum absolute atomic E-state index is 6.52. The Morgan fingerprint density at radius 1 is 1.20 bits per heavy atom. The van der Waals surface area contributed by atoms with Crippen molar-refractivity contribution in [1.29, 1.82) is 0 Å². The average molecular weight is 282 g/mol. The Morgan fingerprint density at radius 2 is 1.90 bits per heavy atom. The van der Waals surface area contributed by atoms with Crippen LogP contribution in [0, 0.1) is 0 Å². The molecule has 0 amide bonds. The van der Waals surface area contributed by atoms with Gasteiger partial charge in [-0.3, -0.25) is 4.90 Å². The fourth-order valence-corrected chi connectivity index (χ4v) is 3.87. The third-order valence-electron chi connectivity index (χ3n) is 5.38. The average Bonchev–Trinajstić information content (AvgIpc) is 2.82. The van der Waals surface area contributed by atoms with Gasteiger partial charge in [-0.1, -0.05) is 26.2 Å². The second-order valence-electron chi connectivity index (χ2n) is 7.48. The highest BCUT2D eigenvalue weighted by atomic mass is 16.5. The third-order valence-corrected chi connectivity index (χ3v) is 5.38. The lowest BCUT2D eigenvalue weighted by Crippen LogP contribution is -2.52. The van der Waals surface area contributed by atoms with Crippen molar-refractivity contribution in [3.63, 3.8) is 0 Å². The standard InChI is InChI=1S/C17H34N2O/c1-4-12-19(16(2,3)14-18)13-15-8-11-17(20-15)9-6-5-7-10-17/h15H,4-14,18H2,1-3H3. The van der Waals surface area contributed by atoms with Crippen molar-refractivity contribution in [3.8, 4) is 0 Å². The molecule has 1 saturated heterocycles. The molecule has 2 rings (SSSR count). The topological polar surface area (TPSA) is 38.5 Å². The van der Waals surface area contributed by atoms with Crippen LogP contribution in [0.3, 0.4) is 0 Å². The van der Waals surface area contributed by atoms with Gasteiger partial charge in [-0.25, -0.2) is 0 Å². The minimum absolute atomic E-state index is 0.0850. The van der Waals surface area contributed by atoms with E-state index in [0.717, 1.165) is 13.1 Å². The molecule has 2 N–H and O–H groups in total. The predicted octanol–water partition coefficient (Wildman–Crippen LogP) is 3.32. The van der Waals surface area contributed by atoms with Gasteiger partial charge >= 0.3 is 0 Å². The van der Waals surface area contributed by atoms with E-state index in [2.05, 4.69) is 25.7 Å². The molecule has 3 nitrogen and oxygen atoms in total. The summed E-state index contributed by atoms with van der Waals surface area (Å²) in [5, 5.41) is 0. The zero-order valence-electron chi connectivity index (χ0n) is 13.8. The van der Waals surface area contributed by atoms with E-state index in [-0.39, 0.29) is 11.1 Å². The number of hydrogen-bond acceptors (Lipinski definition) is 3. The van der Waals surface area contributed by atoms with Crippen molar-refractivity contribution in [1.82, 2.24) is 4.90 Å². The SMILES string of the molecule is CCCN(CC1CCC2(CCCCC2)O1)C(C)(C)CN. The highest BCUT2D eigenvalue weighted by molar-refractivity contribution is 4.93. The lowest BCUT2D eigenvalue weighted by molar-refractivity contribution is -0.0788. The first-order valence-electron chi connectivity index (χ1n) is 8.64. The van der Waals surface area contributed by atoms with E-state index < -0.39 is 0 Å². The summed E-state index contributed by atoms with van der Waals surface area (Å²) in [5.41, 5.74) is 6.29. The Morgan fingerprint density at radius 3 is 2.50 bits per heavy atom. The second kappa shape index (κ2) is 6.76. The Balaban J connectivity index is 1.91. The molecule has 1 heterocycles. The van der Waals surface area contributed by atoms with Crippen LogP contribution in [-0.2, 0) is 4.74 Å². The minimum atomic E-state index is 0.0850. The van der Waals surface area contributed by atoms with Gasteiger partial charge < -0.3 is 10.5 Å². The summed E-state index contributed by atoms with van der Waals surface area (Å²) >= 11 is 0. The van der Waals surface area contributed by atoms with E-state index in [4.69, 9.17) is 10.5 Å². The molecular formula is C17H34N2O. The highest BCUT2D eigenvalue weighted by Crippen LogP contribution is 2.42. The van der Waals surface area contributed by atoms with Crippen LogP contribution in [0.4, 0.5) is 0 Å². The van der Waals surface area contributed by atoms with Crippen molar-refractivity contribution < 1.29 is 4.74 Å². The summed E-state index contributed by atoms with van der Waals surface area (Å²) in [7, 11) is 0. The molecule has 3 heteroatoms. The van der Waals surface area contributed by atoms with E-state index in [1.54, 1.807) is 0 Å². The molecule has 1 spiro atoms. The molecule has 2 aliphatic rings. The summed E-state index contributed by atoms with van der Waals surface area (Å²) in [5.74, 6) is 0. The highest BCUT2D eigenvalue weighted by Gasteiger charge is 2.42. The molecule has 1 aliphatic carbocycles. The van der Waals surface area contributed by atoms with Crippen molar-refractivity contribution in [2.75, 3.05) is 19.6 Å². The van der Waals surface area contributed by atoms with Crippen LogP contribution in [-0.4, -0.2) is 41.8 Å². The molecule has 0 bridgehead atoms. The smallest absolute Gasteiger partial charge is 0.0710 e. The van der Waals surface area contributed by atoms with Crippen LogP contribution in [0.2, 0.25) is 0 Å². The number of nitrogens with two attached hydrogens (primary N) is 1. The lowest BCUT2D eigenvalue weighted by atomic mass is 9.83. The zero-order chi connectivity index (χ0) is 14.6. The summed E-state index contributed by atoms with van der Waals surface area (Å²) in [6.45, 7) is 9.65. The minimum Gasteiger partial charge on any atom is -0.370 e. The van der Waals surface area contributed by atoms with Gasteiger partial charge in [0.1, 0.15) is 0 Å². The molecule has 118 valence electrons. The first-order chi connectivity index (χ1) is 9.51. The summed E-state index contributed by atoms with van der Waals surface area (Å²) < 4.78 is 6.52. The van der Waals surface area contributed by atoms with E-state index in [1.807, 2.05) is 0 Å². The van der Waals surface area contributed by atoms with E-state index in [0.29, 0.717) is 12.6 Å². The van der Waals surface area contributed by atoms with Crippen LogP contribution in [0.15, 0.2) is 0 Å². The van der Waals surface area contributed by atoms with Gasteiger partial charge in [0.25, 0.3) is 0 Å². The van der Waals surface area contributed by atoms with Gasteiger partial charge in [-0.05, 0) is 52.5 Å². The summed E-state index contributed by atoms with van der Waals surface area (Å²) in [6, 6.07) is 0. The van der Waals surface area contributed by atoms with E-state index in [9.17, 15) is 0 Å².